The van der Waals surface area contributed by atoms with E-state index in [2.05, 4.69) is 21.8 Å². The summed E-state index contributed by atoms with van der Waals surface area (Å²) >= 11 is 0. The highest BCUT2D eigenvalue weighted by atomic mass is 19.4. The third kappa shape index (κ3) is 3.80. The number of rotatable bonds is 5. The van der Waals surface area contributed by atoms with Crippen LogP contribution in [-0.2, 0) is 12.7 Å². The van der Waals surface area contributed by atoms with Crippen molar-refractivity contribution < 1.29 is 22.4 Å². The quantitative estimate of drug-likeness (QED) is 0.438. The van der Waals surface area contributed by atoms with Crippen molar-refractivity contribution in [3.8, 4) is 11.5 Å². The Kier molecular flexibility index (Phi) is 5.07. The zero-order valence-electron chi connectivity index (χ0n) is 16.0. The second-order valence-electron chi connectivity index (χ2n) is 6.80. The molecule has 2 heterocycles. The van der Waals surface area contributed by atoms with Gasteiger partial charge in [0.25, 0.3) is 5.91 Å². The smallest absolute Gasteiger partial charge is 0.431 e. The molecule has 4 aromatic rings. The number of aromatic nitrogens is 2. The molecule has 0 aliphatic rings. The van der Waals surface area contributed by atoms with Gasteiger partial charge in [0.05, 0.1) is 0 Å². The van der Waals surface area contributed by atoms with E-state index in [4.69, 9.17) is 4.42 Å². The molecule has 0 saturated heterocycles. The molecular weight excluding hydrogens is 395 g/mol. The van der Waals surface area contributed by atoms with Gasteiger partial charge in [-0.05, 0) is 42.8 Å². The highest BCUT2D eigenvalue weighted by Crippen LogP contribution is 2.35. The molecule has 0 aliphatic heterocycles. The van der Waals surface area contributed by atoms with Crippen LogP contribution in [0.2, 0.25) is 0 Å². The molecule has 2 aromatic carbocycles. The molecule has 0 spiro atoms. The van der Waals surface area contributed by atoms with Crippen molar-refractivity contribution in [3.63, 3.8) is 0 Å². The maximum Gasteiger partial charge on any atom is 0.452 e. The number of oxazole rings is 1. The molecule has 2 aromatic heterocycles. The molecular formula is C22H18F3N3O2. The number of aryl methyl sites for hydroxylation is 1. The molecule has 154 valence electrons. The predicted octanol–water partition coefficient (Wildman–Crippen LogP) is 5.98. The first-order chi connectivity index (χ1) is 14.4. The fourth-order valence-corrected chi connectivity index (χ4v) is 3.27. The number of hydrogen-bond donors (Lipinski definition) is 1. The minimum Gasteiger partial charge on any atom is -0.431 e. The minimum absolute atomic E-state index is 0.264. The van der Waals surface area contributed by atoms with E-state index in [-0.39, 0.29) is 5.89 Å². The summed E-state index contributed by atoms with van der Waals surface area (Å²) in [5.74, 6) is -2.67. The minimum atomic E-state index is -4.85. The second kappa shape index (κ2) is 7.70. The van der Waals surface area contributed by atoms with Crippen LogP contribution in [0, 0.1) is 0 Å². The average molecular weight is 413 g/mol. The fourth-order valence-electron chi connectivity index (χ4n) is 3.27. The Balaban J connectivity index is 1.66. The number of amides is 1. The molecule has 0 atom stereocenters. The number of nitrogens with zero attached hydrogens (tertiary/aromatic N) is 2. The summed E-state index contributed by atoms with van der Waals surface area (Å²) in [6.07, 6.45) is -1.95. The number of anilines is 1. The van der Waals surface area contributed by atoms with Crippen molar-refractivity contribution in [1.29, 1.82) is 0 Å². The fraction of sp³-hybridized carbons (Fsp3) is 0.182. The van der Waals surface area contributed by atoms with Crippen LogP contribution >= 0.6 is 0 Å². The number of carbonyl (C=O) groups is 1. The van der Waals surface area contributed by atoms with E-state index in [0.29, 0.717) is 11.3 Å². The number of fused-ring (bicyclic) bond motifs is 1. The van der Waals surface area contributed by atoms with Gasteiger partial charge in [0.2, 0.25) is 11.7 Å². The van der Waals surface area contributed by atoms with E-state index in [0.717, 1.165) is 23.9 Å². The van der Waals surface area contributed by atoms with Crippen LogP contribution in [0.15, 0.2) is 65.2 Å². The predicted molar refractivity (Wildman–Crippen MR) is 107 cm³/mol. The molecule has 5 nitrogen and oxygen atoms in total. The Morgan fingerprint density at radius 2 is 1.90 bits per heavy atom. The van der Waals surface area contributed by atoms with E-state index in [9.17, 15) is 18.0 Å². The zero-order valence-corrected chi connectivity index (χ0v) is 16.0. The Labute approximate surface area is 170 Å². The van der Waals surface area contributed by atoms with Crippen molar-refractivity contribution >= 4 is 22.5 Å². The summed E-state index contributed by atoms with van der Waals surface area (Å²) < 4.78 is 47.3. The first kappa shape index (κ1) is 19.8. The highest BCUT2D eigenvalue weighted by molar-refractivity contribution is 6.04. The summed E-state index contributed by atoms with van der Waals surface area (Å²) in [5.41, 5.74) is 0.906. The lowest BCUT2D eigenvalue weighted by Crippen LogP contribution is -2.18. The van der Waals surface area contributed by atoms with Gasteiger partial charge >= 0.3 is 6.18 Å². The summed E-state index contributed by atoms with van der Waals surface area (Å²) in [5, 5.41) is 3.38. The molecule has 1 N–H and O–H groups in total. The van der Waals surface area contributed by atoms with Gasteiger partial charge in [-0.25, -0.2) is 4.98 Å². The first-order valence-electron chi connectivity index (χ1n) is 9.40. The Morgan fingerprint density at radius 3 is 2.60 bits per heavy atom. The lowest BCUT2D eigenvalue weighted by atomic mass is 10.2. The van der Waals surface area contributed by atoms with Crippen molar-refractivity contribution in [2.45, 2.75) is 26.1 Å². The Bertz CT molecular complexity index is 1190. The van der Waals surface area contributed by atoms with Gasteiger partial charge < -0.3 is 14.3 Å². The van der Waals surface area contributed by atoms with Gasteiger partial charge in [-0.15, -0.1) is 0 Å². The summed E-state index contributed by atoms with van der Waals surface area (Å²) in [6, 6.07) is 15.2. The van der Waals surface area contributed by atoms with E-state index in [1.54, 1.807) is 42.5 Å². The number of carbonyl (C=O) groups excluding carboxylic acids is 1. The van der Waals surface area contributed by atoms with Gasteiger partial charge in [0, 0.05) is 34.9 Å². The van der Waals surface area contributed by atoms with Crippen molar-refractivity contribution in [3.05, 3.63) is 72.2 Å². The SMILES string of the molecule is CCCn1ccc2cc(NC(=O)c3nc(-c4ccccc4)oc3C(F)(F)F)ccc21. The molecule has 30 heavy (non-hydrogen) atoms. The topological polar surface area (TPSA) is 60.1 Å². The maximum atomic E-state index is 13.4. The van der Waals surface area contributed by atoms with E-state index in [1.807, 2.05) is 18.3 Å². The van der Waals surface area contributed by atoms with Crippen molar-refractivity contribution in [2.75, 3.05) is 5.32 Å². The van der Waals surface area contributed by atoms with Crippen LogP contribution in [0.1, 0.15) is 29.6 Å². The largest absolute Gasteiger partial charge is 0.452 e. The standard InChI is InChI=1S/C22H18F3N3O2/c1-2-11-28-12-10-15-13-16(8-9-17(15)28)26-20(29)18-19(22(23,24)25)30-21(27-18)14-6-4-3-5-7-14/h3-10,12-13H,2,11H2,1H3,(H,26,29). The normalized spacial score (nSPS) is 11.7. The third-order valence-corrected chi connectivity index (χ3v) is 4.61. The van der Waals surface area contributed by atoms with Crippen LogP contribution < -0.4 is 5.32 Å². The number of benzene rings is 2. The lowest BCUT2D eigenvalue weighted by molar-refractivity contribution is -0.153. The van der Waals surface area contributed by atoms with E-state index in [1.165, 1.54) is 0 Å². The second-order valence-corrected chi connectivity index (χ2v) is 6.80. The van der Waals surface area contributed by atoms with E-state index < -0.39 is 23.5 Å². The highest BCUT2D eigenvalue weighted by Gasteiger charge is 2.42. The van der Waals surface area contributed by atoms with Crippen LogP contribution in [0.3, 0.4) is 0 Å². The Hall–Kier alpha value is -3.55. The van der Waals surface area contributed by atoms with Gasteiger partial charge in [0.1, 0.15) is 0 Å². The number of alkyl halides is 3. The van der Waals surface area contributed by atoms with Gasteiger partial charge in [-0.2, -0.15) is 13.2 Å². The number of halogens is 3. The number of nitrogens with one attached hydrogen (secondary N) is 1. The summed E-state index contributed by atoms with van der Waals surface area (Å²) in [4.78, 5) is 16.5. The monoisotopic (exact) mass is 413 g/mol. The average Bonchev–Trinajstić information content (AvgIpc) is 3.34. The molecule has 4 rings (SSSR count). The van der Waals surface area contributed by atoms with Crippen LogP contribution in [0.5, 0.6) is 0 Å². The Morgan fingerprint density at radius 1 is 1.13 bits per heavy atom. The molecule has 0 saturated carbocycles. The zero-order chi connectivity index (χ0) is 21.3. The van der Waals surface area contributed by atoms with Crippen molar-refractivity contribution in [1.82, 2.24) is 9.55 Å². The van der Waals surface area contributed by atoms with Crippen molar-refractivity contribution in [2.24, 2.45) is 0 Å². The summed E-state index contributed by atoms with van der Waals surface area (Å²) in [6.45, 7) is 2.92. The molecule has 0 unspecified atom stereocenters. The third-order valence-electron chi connectivity index (χ3n) is 4.61. The van der Waals surface area contributed by atoms with Gasteiger partial charge in [0.15, 0.2) is 5.69 Å². The van der Waals surface area contributed by atoms with Crippen LogP contribution in [0.4, 0.5) is 18.9 Å². The van der Waals surface area contributed by atoms with Crippen LogP contribution in [-0.4, -0.2) is 15.5 Å². The molecule has 0 radical (unpaired) electrons. The summed E-state index contributed by atoms with van der Waals surface area (Å²) in [7, 11) is 0. The first-order valence-corrected chi connectivity index (χ1v) is 9.40. The van der Waals surface area contributed by atoms with Gasteiger partial charge in [-0.1, -0.05) is 25.1 Å². The van der Waals surface area contributed by atoms with E-state index >= 15 is 0 Å². The molecule has 0 fully saturated rings. The number of hydrogen-bond acceptors (Lipinski definition) is 3. The maximum absolute atomic E-state index is 13.4. The molecule has 8 heteroatoms. The molecule has 0 bridgehead atoms. The van der Waals surface area contributed by atoms with Crippen LogP contribution in [0.25, 0.3) is 22.4 Å². The lowest BCUT2D eigenvalue weighted by Gasteiger charge is -2.07. The molecule has 1 amide bonds. The van der Waals surface area contributed by atoms with Gasteiger partial charge in [-0.3, -0.25) is 4.79 Å². The molecule has 0 aliphatic carbocycles.